The lowest BCUT2D eigenvalue weighted by Crippen LogP contribution is -2.18. The van der Waals surface area contributed by atoms with Crippen LogP contribution in [0, 0.1) is 11.8 Å². The van der Waals surface area contributed by atoms with Gasteiger partial charge in [0.15, 0.2) is 6.16 Å². The van der Waals surface area contributed by atoms with E-state index in [2.05, 4.69) is 6.92 Å². The van der Waals surface area contributed by atoms with E-state index in [0.717, 1.165) is 24.7 Å². The molecule has 0 spiro atoms. The molecule has 1 rings (SSSR count). The second-order valence-electron chi connectivity index (χ2n) is 5.87. The monoisotopic (exact) mass is 273 g/mol. The van der Waals surface area contributed by atoms with Gasteiger partial charge in [0.2, 0.25) is 0 Å². The Morgan fingerprint density at radius 2 is 1.78 bits per heavy atom. The van der Waals surface area contributed by atoms with Crippen LogP contribution in [-0.4, -0.2) is 11.1 Å². The summed E-state index contributed by atoms with van der Waals surface area (Å²) in [5.74, 6) is 1.84. The van der Waals surface area contributed by atoms with Crippen LogP contribution in [-0.2, 0) is 4.57 Å². The molecular formula is C15H30O2P+. The van der Waals surface area contributed by atoms with Gasteiger partial charge in [0.25, 0.3) is 0 Å². The summed E-state index contributed by atoms with van der Waals surface area (Å²) in [5, 5.41) is 0. The Morgan fingerprint density at radius 3 is 2.39 bits per heavy atom. The highest BCUT2D eigenvalue weighted by Crippen LogP contribution is 2.35. The number of hydrogen-bond donors (Lipinski definition) is 1. The first-order valence-corrected chi connectivity index (χ1v) is 9.27. The zero-order valence-corrected chi connectivity index (χ0v) is 12.8. The fraction of sp³-hybridized carbons (Fsp3) is 1.00. The van der Waals surface area contributed by atoms with Crippen molar-refractivity contribution in [1.82, 2.24) is 0 Å². The second-order valence-corrected chi connectivity index (χ2v) is 7.02. The maximum absolute atomic E-state index is 10.7. The number of rotatable bonds is 9. The summed E-state index contributed by atoms with van der Waals surface area (Å²) in [4.78, 5) is 8.82. The topological polar surface area (TPSA) is 37.3 Å². The lowest BCUT2D eigenvalue weighted by atomic mass is 9.76. The molecule has 18 heavy (non-hydrogen) atoms. The molecule has 0 amide bonds. The standard InChI is InChI=1S/C15H29O2P/c1-2-3-9-14(12-7-8-13-18(16)17)15-10-5-4-6-11-15/h14-15H,2-13H2,1H3/p+1. The predicted octanol–water partition coefficient (Wildman–Crippen LogP) is 5.28. The molecular weight excluding hydrogens is 243 g/mol. The maximum atomic E-state index is 10.7. The summed E-state index contributed by atoms with van der Waals surface area (Å²) < 4.78 is 10.7. The maximum Gasteiger partial charge on any atom is 0.505 e. The molecule has 0 bridgehead atoms. The molecule has 2 atom stereocenters. The molecule has 0 heterocycles. The minimum absolute atomic E-state index is 0.500. The molecule has 1 N–H and O–H groups in total. The van der Waals surface area contributed by atoms with Crippen molar-refractivity contribution in [2.45, 2.75) is 77.6 Å². The first-order valence-electron chi connectivity index (χ1n) is 7.87. The van der Waals surface area contributed by atoms with Crippen molar-refractivity contribution in [2.24, 2.45) is 11.8 Å². The van der Waals surface area contributed by atoms with Crippen LogP contribution in [0.3, 0.4) is 0 Å². The van der Waals surface area contributed by atoms with Crippen LogP contribution in [0.4, 0.5) is 0 Å². The third-order valence-corrected chi connectivity index (χ3v) is 5.12. The van der Waals surface area contributed by atoms with E-state index < -0.39 is 8.03 Å². The van der Waals surface area contributed by atoms with Crippen LogP contribution < -0.4 is 0 Å². The van der Waals surface area contributed by atoms with Crippen LogP contribution in [0.2, 0.25) is 0 Å². The molecule has 0 aromatic rings. The second kappa shape index (κ2) is 9.92. The van der Waals surface area contributed by atoms with Crippen molar-refractivity contribution >= 4 is 8.03 Å². The van der Waals surface area contributed by atoms with Crippen molar-refractivity contribution in [3.63, 3.8) is 0 Å². The van der Waals surface area contributed by atoms with Crippen LogP contribution in [0.1, 0.15) is 77.6 Å². The van der Waals surface area contributed by atoms with E-state index >= 15 is 0 Å². The highest BCUT2D eigenvalue weighted by atomic mass is 31.1. The Balaban J connectivity index is 2.27. The summed E-state index contributed by atoms with van der Waals surface area (Å²) in [7, 11) is -1.91. The van der Waals surface area contributed by atoms with Gasteiger partial charge in [-0.05, 0) is 29.2 Å². The van der Waals surface area contributed by atoms with Crippen molar-refractivity contribution in [2.75, 3.05) is 6.16 Å². The smallest absolute Gasteiger partial charge is 0.161 e. The van der Waals surface area contributed by atoms with Gasteiger partial charge in [-0.2, -0.15) is 4.89 Å². The Labute approximate surface area is 113 Å². The van der Waals surface area contributed by atoms with E-state index in [1.54, 1.807) is 0 Å². The van der Waals surface area contributed by atoms with Crippen molar-refractivity contribution in [3.05, 3.63) is 0 Å². The van der Waals surface area contributed by atoms with Gasteiger partial charge in [-0.25, -0.2) is 0 Å². The fourth-order valence-electron chi connectivity index (χ4n) is 3.34. The Morgan fingerprint density at radius 1 is 1.11 bits per heavy atom. The van der Waals surface area contributed by atoms with Crippen molar-refractivity contribution in [3.8, 4) is 0 Å². The highest BCUT2D eigenvalue weighted by Gasteiger charge is 2.23. The minimum atomic E-state index is -1.91. The number of hydrogen-bond acceptors (Lipinski definition) is 1. The van der Waals surface area contributed by atoms with E-state index in [0.29, 0.717) is 6.16 Å². The summed E-state index contributed by atoms with van der Waals surface area (Å²) in [5.41, 5.74) is 0. The third-order valence-electron chi connectivity index (χ3n) is 4.42. The van der Waals surface area contributed by atoms with E-state index in [4.69, 9.17) is 4.89 Å². The van der Waals surface area contributed by atoms with Crippen LogP contribution in [0.5, 0.6) is 0 Å². The van der Waals surface area contributed by atoms with Gasteiger partial charge in [0.1, 0.15) is 0 Å². The van der Waals surface area contributed by atoms with Crippen LogP contribution in [0.25, 0.3) is 0 Å². The van der Waals surface area contributed by atoms with Crippen LogP contribution >= 0.6 is 8.03 Å². The fourth-order valence-corrected chi connectivity index (χ4v) is 3.84. The molecule has 0 radical (unpaired) electrons. The van der Waals surface area contributed by atoms with E-state index in [-0.39, 0.29) is 0 Å². The molecule has 3 heteroatoms. The zero-order valence-electron chi connectivity index (χ0n) is 11.9. The van der Waals surface area contributed by atoms with Gasteiger partial charge in [0.05, 0.1) is 0 Å². The van der Waals surface area contributed by atoms with Crippen molar-refractivity contribution in [1.29, 1.82) is 0 Å². The SMILES string of the molecule is CCCCC(CCCC[P+](=O)O)C1CCCCC1. The predicted molar refractivity (Wildman–Crippen MR) is 78.1 cm³/mol. The molecule has 1 aliphatic rings. The first kappa shape index (κ1) is 16.1. The molecule has 2 nitrogen and oxygen atoms in total. The van der Waals surface area contributed by atoms with Gasteiger partial charge in [-0.1, -0.05) is 64.7 Å². The molecule has 1 saturated carbocycles. The van der Waals surface area contributed by atoms with Crippen molar-refractivity contribution < 1.29 is 9.46 Å². The van der Waals surface area contributed by atoms with Gasteiger partial charge in [-0.15, -0.1) is 0 Å². The molecule has 2 unspecified atom stereocenters. The third kappa shape index (κ3) is 6.85. The summed E-state index contributed by atoms with van der Waals surface area (Å²) >= 11 is 0. The van der Waals surface area contributed by atoms with Crippen LogP contribution in [0.15, 0.2) is 0 Å². The zero-order chi connectivity index (χ0) is 13.2. The summed E-state index contributed by atoms with van der Waals surface area (Å²) in [6.45, 7) is 2.27. The normalized spacial score (nSPS) is 19.8. The Kier molecular flexibility index (Phi) is 8.88. The molecule has 0 aliphatic heterocycles. The summed E-state index contributed by atoms with van der Waals surface area (Å²) in [6, 6.07) is 0. The van der Waals surface area contributed by atoms with Gasteiger partial charge in [0, 0.05) is 0 Å². The highest BCUT2D eigenvalue weighted by molar-refractivity contribution is 7.37. The van der Waals surface area contributed by atoms with E-state index in [1.165, 1.54) is 57.8 Å². The molecule has 106 valence electrons. The lowest BCUT2D eigenvalue weighted by Gasteiger charge is -2.30. The summed E-state index contributed by atoms with van der Waals surface area (Å²) in [6.07, 6.45) is 15.0. The molecule has 1 aliphatic carbocycles. The lowest BCUT2D eigenvalue weighted by molar-refractivity contribution is 0.217. The number of unbranched alkanes of at least 4 members (excludes halogenated alkanes) is 2. The van der Waals surface area contributed by atoms with Gasteiger partial charge < -0.3 is 0 Å². The quantitative estimate of drug-likeness (QED) is 0.458. The Bertz CT molecular complexity index is 225. The van der Waals surface area contributed by atoms with Gasteiger partial charge >= 0.3 is 8.03 Å². The van der Waals surface area contributed by atoms with E-state index in [1.807, 2.05) is 0 Å². The molecule has 1 fully saturated rings. The average molecular weight is 273 g/mol. The van der Waals surface area contributed by atoms with E-state index in [9.17, 15) is 4.57 Å². The first-order chi connectivity index (χ1) is 8.74. The Hall–Kier alpha value is 0.0600. The van der Waals surface area contributed by atoms with Gasteiger partial charge in [-0.3, -0.25) is 0 Å². The molecule has 0 saturated heterocycles. The largest absolute Gasteiger partial charge is 0.505 e. The average Bonchev–Trinajstić information content (AvgIpc) is 2.38. The molecule has 0 aromatic carbocycles. The molecule has 0 aromatic heterocycles. The minimum Gasteiger partial charge on any atom is -0.161 e.